The van der Waals surface area contributed by atoms with Crippen LogP contribution in [0.1, 0.15) is 20.8 Å². The smallest absolute Gasteiger partial charge is 0.135 e. The van der Waals surface area contributed by atoms with E-state index in [0.717, 1.165) is 6.54 Å². The number of nitrogens with zero attached hydrogens (tertiary/aromatic N) is 1. The Hall–Kier alpha value is 0.370. The summed E-state index contributed by atoms with van der Waals surface area (Å²) in [5, 5.41) is 0. The summed E-state index contributed by atoms with van der Waals surface area (Å²) >= 11 is 5.48. The van der Waals surface area contributed by atoms with Crippen LogP contribution < -0.4 is 0 Å². The summed E-state index contributed by atoms with van der Waals surface area (Å²) in [4.78, 5) is 3.78. The first-order chi connectivity index (χ1) is 4.66. The molecule has 0 saturated heterocycles. The first kappa shape index (κ1) is 8.47. The van der Waals surface area contributed by atoms with Gasteiger partial charge in [-0.2, -0.15) is 0 Å². The van der Waals surface area contributed by atoms with Gasteiger partial charge in [0.1, 0.15) is 4.28 Å². The molecule has 0 amide bonds. The largest absolute Gasteiger partial charge is 0.353 e. The second kappa shape index (κ2) is 3.18. The van der Waals surface area contributed by atoms with Crippen molar-refractivity contribution in [2.45, 2.75) is 25.1 Å². The second-order valence-electron chi connectivity index (χ2n) is 2.34. The molecule has 1 unspecified atom stereocenters. The standard InChI is InChI=1S/C7H12BrNS/c1-4-9-5(2)6(3)10-7(9)8/h7H,4H2,1-3H3. The molecule has 0 aromatic carbocycles. The molecule has 0 aromatic rings. The highest BCUT2D eigenvalue weighted by Gasteiger charge is 2.23. The monoisotopic (exact) mass is 221 g/mol. The van der Waals surface area contributed by atoms with Crippen LogP contribution in [0, 0.1) is 0 Å². The van der Waals surface area contributed by atoms with Gasteiger partial charge in [-0.25, -0.2) is 0 Å². The van der Waals surface area contributed by atoms with Crippen molar-refractivity contribution in [2.24, 2.45) is 0 Å². The minimum absolute atomic E-state index is 0.470. The minimum Gasteiger partial charge on any atom is -0.353 e. The van der Waals surface area contributed by atoms with Gasteiger partial charge in [-0.3, -0.25) is 0 Å². The van der Waals surface area contributed by atoms with E-state index in [0.29, 0.717) is 4.28 Å². The van der Waals surface area contributed by atoms with Gasteiger partial charge in [-0.15, -0.1) is 0 Å². The first-order valence-corrected chi connectivity index (χ1v) is 5.21. The molecule has 0 N–H and O–H groups in total. The molecule has 10 heavy (non-hydrogen) atoms. The fourth-order valence-electron chi connectivity index (χ4n) is 1.03. The molecule has 0 saturated carbocycles. The predicted octanol–water partition coefficient (Wildman–Crippen LogP) is 2.99. The number of alkyl halides is 1. The van der Waals surface area contributed by atoms with Gasteiger partial charge in [0.25, 0.3) is 0 Å². The predicted molar refractivity (Wildman–Crippen MR) is 51.1 cm³/mol. The molecule has 1 atom stereocenters. The van der Waals surface area contributed by atoms with Crippen LogP contribution in [0.25, 0.3) is 0 Å². The van der Waals surface area contributed by atoms with Gasteiger partial charge in [-0.05, 0) is 20.8 Å². The fourth-order valence-corrected chi connectivity index (χ4v) is 3.48. The number of thioether (sulfide) groups is 1. The van der Waals surface area contributed by atoms with Gasteiger partial charge in [0.05, 0.1) is 0 Å². The lowest BCUT2D eigenvalue weighted by molar-refractivity contribution is 0.416. The Bertz CT molecular complexity index is 167. The Morgan fingerprint density at radius 2 is 2.20 bits per heavy atom. The zero-order valence-electron chi connectivity index (χ0n) is 6.52. The van der Waals surface area contributed by atoms with Crippen LogP contribution in [0.4, 0.5) is 0 Å². The van der Waals surface area contributed by atoms with Gasteiger partial charge in [0, 0.05) is 17.1 Å². The summed E-state index contributed by atoms with van der Waals surface area (Å²) in [6.45, 7) is 7.61. The highest BCUT2D eigenvalue weighted by molar-refractivity contribution is 9.11. The van der Waals surface area contributed by atoms with Gasteiger partial charge >= 0.3 is 0 Å². The minimum atomic E-state index is 0.470. The van der Waals surface area contributed by atoms with Crippen molar-refractivity contribution in [2.75, 3.05) is 6.54 Å². The normalized spacial score (nSPS) is 26.4. The third-order valence-electron chi connectivity index (χ3n) is 1.80. The Balaban J connectivity index is 2.72. The van der Waals surface area contributed by atoms with E-state index in [9.17, 15) is 0 Å². The summed E-state index contributed by atoms with van der Waals surface area (Å²) in [5.41, 5.74) is 1.41. The summed E-state index contributed by atoms with van der Waals surface area (Å²) < 4.78 is 0.470. The maximum atomic E-state index is 3.59. The lowest BCUT2D eigenvalue weighted by Crippen LogP contribution is -2.22. The second-order valence-corrected chi connectivity index (χ2v) is 5.11. The molecule has 1 aliphatic heterocycles. The van der Waals surface area contributed by atoms with Crippen molar-refractivity contribution in [3.63, 3.8) is 0 Å². The van der Waals surface area contributed by atoms with Crippen molar-refractivity contribution in [3.8, 4) is 0 Å². The maximum absolute atomic E-state index is 3.59. The van der Waals surface area contributed by atoms with Crippen molar-refractivity contribution in [1.82, 2.24) is 4.90 Å². The Morgan fingerprint density at radius 1 is 1.60 bits per heavy atom. The zero-order chi connectivity index (χ0) is 7.72. The van der Waals surface area contributed by atoms with E-state index in [1.807, 2.05) is 11.8 Å². The fraction of sp³-hybridized carbons (Fsp3) is 0.714. The molecule has 0 aromatic heterocycles. The number of rotatable bonds is 1. The van der Waals surface area contributed by atoms with E-state index in [1.54, 1.807) is 0 Å². The molecular formula is C7H12BrNS. The average Bonchev–Trinajstić information content (AvgIpc) is 2.09. The van der Waals surface area contributed by atoms with Crippen LogP contribution in [0.3, 0.4) is 0 Å². The molecule has 0 aliphatic carbocycles. The quantitative estimate of drug-likeness (QED) is 0.495. The van der Waals surface area contributed by atoms with Gasteiger partial charge in [0.15, 0.2) is 0 Å². The number of hydrogen-bond acceptors (Lipinski definition) is 2. The van der Waals surface area contributed by atoms with E-state index >= 15 is 0 Å². The highest BCUT2D eigenvalue weighted by atomic mass is 79.9. The molecule has 0 spiro atoms. The zero-order valence-corrected chi connectivity index (χ0v) is 8.92. The summed E-state index contributed by atoms with van der Waals surface area (Å²) in [6, 6.07) is 0. The lowest BCUT2D eigenvalue weighted by Gasteiger charge is -2.20. The highest BCUT2D eigenvalue weighted by Crippen LogP contribution is 2.39. The molecule has 0 bridgehead atoms. The average molecular weight is 222 g/mol. The van der Waals surface area contributed by atoms with E-state index in [-0.39, 0.29) is 0 Å². The third kappa shape index (κ3) is 1.35. The van der Waals surface area contributed by atoms with Crippen molar-refractivity contribution in [3.05, 3.63) is 10.6 Å². The van der Waals surface area contributed by atoms with Crippen LogP contribution in [-0.2, 0) is 0 Å². The van der Waals surface area contributed by atoms with Gasteiger partial charge < -0.3 is 4.90 Å². The molecule has 1 heterocycles. The third-order valence-corrected chi connectivity index (χ3v) is 3.95. The lowest BCUT2D eigenvalue weighted by atomic mass is 10.4. The Labute approximate surface area is 75.0 Å². The van der Waals surface area contributed by atoms with E-state index < -0.39 is 0 Å². The van der Waals surface area contributed by atoms with Crippen molar-refractivity contribution >= 4 is 27.7 Å². The summed E-state index contributed by atoms with van der Waals surface area (Å²) in [6.07, 6.45) is 0. The molecule has 0 radical (unpaired) electrons. The Kier molecular flexibility index (Phi) is 2.69. The van der Waals surface area contributed by atoms with Gasteiger partial charge in [0.2, 0.25) is 0 Å². The summed E-state index contributed by atoms with van der Waals surface area (Å²) in [7, 11) is 0. The Morgan fingerprint density at radius 3 is 2.40 bits per heavy atom. The number of halogens is 1. The van der Waals surface area contributed by atoms with Crippen LogP contribution in [0.5, 0.6) is 0 Å². The summed E-state index contributed by atoms with van der Waals surface area (Å²) in [5.74, 6) is 0. The van der Waals surface area contributed by atoms with Crippen LogP contribution in [0.15, 0.2) is 10.6 Å². The topological polar surface area (TPSA) is 3.24 Å². The molecule has 58 valence electrons. The first-order valence-electron chi connectivity index (χ1n) is 3.41. The van der Waals surface area contributed by atoms with Crippen molar-refractivity contribution in [1.29, 1.82) is 0 Å². The van der Waals surface area contributed by atoms with E-state index in [2.05, 4.69) is 41.6 Å². The SMILES string of the molecule is CCN1C(C)=C(C)SC1Br. The molecule has 1 rings (SSSR count). The van der Waals surface area contributed by atoms with Crippen LogP contribution in [0.2, 0.25) is 0 Å². The van der Waals surface area contributed by atoms with E-state index in [1.165, 1.54) is 10.6 Å². The molecule has 0 fully saturated rings. The van der Waals surface area contributed by atoms with Crippen LogP contribution >= 0.6 is 27.7 Å². The number of hydrogen-bond donors (Lipinski definition) is 0. The number of allylic oxidation sites excluding steroid dienone is 2. The molecular weight excluding hydrogens is 210 g/mol. The molecule has 3 heteroatoms. The van der Waals surface area contributed by atoms with Crippen LogP contribution in [-0.4, -0.2) is 15.7 Å². The van der Waals surface area contributed by atoms with Crippen molar-refractivity contribution < 1.29 is 0 Å². The molecule has 1 nitrogen and oxygen atoms in total. The maximum Gasteiger partial charge on any atom is 0.135 e. The van der Waals surface area contributed by atoms with E-state index in [4.69, 9.17) is 0 Å². The molecule has 1 aliphatic rings. The van der Waals surface area contributed by atoms with Gasteiger partial charge in [-0.1, -0.05) is 27.7 Å².